The Hall–Kier alpha value is -3.42. The molecule has 1 saturated heterocycles. The normalized spacial score (nSPS) is 18.2. The lowest BCUT2D eigenvalue weighted by molar-refractivity contribution is -0.124. The number of amides is 3. The maximum Gasteiger partial charge on any atom is 0.256 e. The first-order valence-corrected chi connectivity index (χ1v) is 9.34. The summed E-state index contributed by atoms with van der Waals surface area (Å²) in [5.74, 6) is -1.27. The average molecular weight is 397 g/mol. The van der Waals surface area contributed by atoms with Gasteiger partial charge >= 0.3 is 0 Å². The number of para-hydroxylation sites is 2. The Morgan fingerprint density at radius 1 is 1.24 bits per heavy atom. The number of carbonyl (C=O) groups excluding carboxylic acids is 3. The van der Waals surface area contributed by atoms with Crippen molar-refractivity contribution in [2.75, 3.05) is 30.4 Å². The summed E-state index contributed by atoms with van der Waals surface area (Å²) in [6.07, 6.45) is 1.23. The second-order valence-electron chi connectivity index (χ2n) is 6.99. The van der Waals surface area contributed by atoms with Crippen molar-refractivity contribution in [2.24, 2.45) is 0 Å². The zero-order valence-electron chi connectivity index (χ0n) is 15.9. The highest BCUT2D eigenvalue weighted by Gasteiger charge is 2.42. The number of fused-ring (bicyclic) bond motifs is 2. The Kier molecular flexibility index (Phi) is 4.92. The smallest absolute Gasteiger partial charge is 0.256 e. The molecular weight excluding hydrogens is 377 g/mol. The summed E-state index contributed by atoms with van der Waals surface area (Å²) in [7, 11) is 1.49. The molecule has 4 rings (SSSR count). The van der Waals surface area contributed by atoms with Gasteiger partial charge in [0, 0.05) is 6.54 Å². The number of anilines is 2. The van der Waals surface area contributed by atoms with E-state index in [1.807, 2.05) is 0 Å². The monoisotopic (exact) mass is 397 g/mol. The molecule has 7 nitrogen and oxygen atoms in total. The van der Waals surface area contributed by atoms with E-state index in [0.717, 1.165) is 6.07 Å². The van der Waals surface area contributed by atoms with Crippen LogP contribution in [0.15, 0.2) is 42.5 Å². The van der Waals surface area contributed by atoms with E-state index in [1.54, 1.807) is 24.3 Å². The summed E-state index contributed by atoms with van der Waals surface area (Å²) in [4.78, 5) is 41.5. The van der Waals surface area contributed by atoms with Crippen LogP contribution in [0.25, 0.3) is 0 Å². The molecule has 0 aliphatic carbocycles. The van der Waals surface area contributed by atoms with E-state index in [1.165, 1.54) is 29.0 Å². The predicted octanol–water partition coefficient (Wildman–Crippen LogP) is 2.42. The van der Waals surface area contributed by atoms with Gasteiger partial charge in [0.15, 0.2) is 0 Å². The van der Waals surface area contributed by atoms with Crippen molar-refractivity contribution in [3.05, 3.63) is 53.8 Å². The third kappa shape index (κ3) is 3.41. The number of ether oxygens (including phenoxy) is 1. The van der Waals surface area contributed by atoms with Crippen LogP contribution in [0.3, 0.4) is 0 Å². The van der Waals surface area contributed by atoms with Crippen LogP contribution < -0.4 is 15.0 Å². The van der Waals surface area contributed by atoms with E-state index in [4.69, 9.17) is 4.74 Å². The fourth-order valence-electron chi connectivity index (χ4n) is 3.87. The van der Waals surface area contributed by atoms with Gasteiger partial charge in [0.1, 0.15) is 24.2 Å². The van der Waals surface area contributed by atoms with E-state index in [0.29, 0.717) is 30.8 Å². The van der Waals surface area contributed by atoms with Gasteiger partial charge in [0.05, 0.1) is 24.0 Å². The Bertz CT molecular complexity index is 994. The minimum Gasteiger partial charge on any atom is -0.495 e. The van der Waals surface area contributed by atoms with Gasteiger partial charge in [0.2, 0.25) is 11.8 Å². The summed E-state index contributed by atoms with van der Waals surface area (Å²) in [6.45, 7) is 0.123. The maximum atomic E-state index is 13.9. The Morgan fingerprint density at radius 2 is 2.03 bits per heavy atom. The van der Waals surface area contributed by atoms with Crippen LogP contribution in [-0.4, -0.2) is 48.9 Å². The second kappa shape index (κ2) is 7.54. The van der Waals surface area contributed by atoms with Gasteiger partial charge in [-0.3, -0.25) is 14.4 Å². The van der Waals surface area contributed by atoms with Crippen LogP contribution in [0.1, 0.15) is 23.2 Å². The van der Waals surface area contributed by atoms with Gasteiger partial charge in [0.25, 0.3) is 5.91 Å². The van der Waals surface area contributed by atoms with E-state index in [2.05, 4.69) is 5.32 Å². The van der Waals surface area contributed by atoms with Gasteiger partial charge in [-0.1, -0.05) is 12.1 Å². The molecule has 0 unspecified atom stereocenters. The van der Waals surface area contributed by atoms with E-state index in [9.17, 15) is 18.8 Å². The molecule has 150 valence electrons. The topological polar surface area (TPSA) is 79.0 Å². The quantitative estimate of drug-likeness (QED) is 0.860. The van der Waals surface area contributed by atoms with Gasteiger partial charge in [-0.05, 0) is 43.2 Å². The van der Waals surface area contributed by atoms with Gasteiger partial charge < -0.3 is 19.9 Å². The maximum absolute atomic E-state index is 13.9. The van der Waals surface area contributed by atoms with Crippen molar-refractivity contribution in [3.8, 4) is 5.75 Å². The number of benzene rings is 2. The summed E-state index contributed by atoms with van der Waals surface area (Å²) >= 11 is 0. The fourth-order valence-corrected chi connectivity index (χ4v) is 3.87. The minimum atomic E-state index is -0.642. The number of rotatable bonds is 4. The lowest BCUT2D eigenvalue weighted by Gasteiger charge is -2.25. The standard InChI is InChI=1S/C21H20FN3O4/c1-29-18-7-3-2-5-15(18)23-19(26)12-25-17-11-13(22)8-9-14(17)20(27)24-10-4-6-16(24)21(25)28/h2-3,5,7-9,11,16H,4,6,10,12H2,1H3,(H,23,26)/t16-/m0/s1. The molecule has 0 saturated carbocycles. The van der Waals surface area contributed by atoms with Crippen LogP contribution in [0.4, 0.5) is 15.8 Å². The molecule has 2 aromatic carbocycles. The average Bonchev–Trinajstić information content (AvgIpc) is 3.19. The number of halogens is 1. The van der Waals surface area contributed by atoms with Crippen molar-refractivity contribution < 1.29 is 23.5 Å². The number of carbonyl (C=O) groups is 3. The van der Waals surface area contributed by atoms with Crippen molar-refractivity contribution >= 4 is 29.1 Å². The van der Waals surface area contributed by atoms with E-state index >= 15 is 0 Å². The highest BCUT2D eigenvalue weighted by Crippen LogP contribution is 2.33. The summed E-state index contributed by atoms with van der Waals surface area (Å²) in [5.41, 5.74) is 0.791. The molecule has 2 aliphatic rings. The van der Waals surface area contributed by atoms with E-state index in [-0.39, 0.29) is 29.6 Å². The molecule has 8 heteroatoms. The Morgan fingerprint density at radius 3 is 2.83 bits per heavy atom. The summed E-state index contributed by atoms with van der Waals surface area (Å²) in [5, 5.41) is 2.72. The molecule has 0 spiro atoms. The SMILES string of the molecule is COc1ccccc1NC(=O)CN1C(=O)[C@@H]2CCCN2C(=O)c2ccc(F)cc21. The summed E-state index contributed by atoms with van der Waals surface area (Å²) in [6, 6.07) is 9.93. The van der Waals surface area contributed by atoms with Crippen LogP contribution >= 0.6 is 0 Å². The van der Waals surface area contributed by atoms with Crippen molar-refractivity contribution in [2.45, 2.75) is 18.9 Å². The number of hydrogen-bond acceptors (Lipinski definition) is 4. The molecule has 0 bridgehead atoms. The molecule has 0 radical (unpaired) electrons. The highest BCUT2D eigenvalue weighted by atomic mass is 19.1. The molecule has 3 amide bonds. The van der Waals surface area contributed by atoms with Crippen LogP contribution in [0.5, 0.6) is 5.75 Å². The van der Waals surface area contributed by atoms with Crippen LogP contribution in [0, 0.1) is 5.82 Å². The predicted molar refractivity (Wildman–Crippen MR) is 104 cm³/mol. The number of nitrogens with one attached hydrogen (secondary N) is 1. The lowest BCUT2D eigenvalue weighted by Crippen LogP contribution is -2.47. The van der Waals surface area contributed by atoms with Gasteiger partial charge in [-0.2, -0.15) is 0 Å². The lowest BCUT2D eigenvalue weighted by atomic mass is 10.1. The van der Waals surface area contributed by atoms with Crippen LogP contribution in [0.2, 0.25) is 0 Å². The number of nitrogens with zero attached hydrogens (tertiary/aromatic N) is 2. The Balaban J connectivity index is 1.67. The zero-order chi connectivity index (χ0) is 20.5. The van der Waals surface area contributed by atoms with Crippen molar-refractivity contribution in [1.82, 2.24) is 4.90 Å². The minimum absolute atomic E-state index is 0.115. The molecular formula is C21H20FN3O4. The van der Waals surface area contributed by atoms with Gasteiger partial charge in [-0.15, -0.1) is 0 Å². The highest BCUT2D eigenvalue weighted by molar-refractivity contribution is 6.13. The van der Waals surface area contributed by atoms with Crippen molar-refractivity contribution in [1.29, 1.82) is 0 Å². The number of hydrogen-bond donors (Lipinski definition) is 1. The summed E-state index contributed by atoms with van der Waals surface area (Å²) < 4.78 is 19.2. The first kappa shape index (κ1) is 18.9. The molecule has 1 atom stereocenters. The van der Waals surface area contributed by atoms with Crippen LogP contribution in [-0.2, 0) is 9.59 Å². The molecule has 2 aromatic rings. The van der Waals surface area contributed by atoms with Crippen molar-refractivity contribution in [3.63, 3.8) is 0 Å². The Labute approximate surface area is 167 Å². The van der Waals surface area contributed by atoms with Gasteiger partial charge in [-0.25, -0.2) is 4.39 Å². The third-order valence-corrected chi connectivity index (χ3v) is 5.23. The molecule has 1 N–H and O–H groups in total. The zero-order valence-corrected chi connectivity index (χ0v) is 15.9. The fraction of sp³-hybridized carbons (Fsp3) is 0.286. The van der Waals surface area contributed by atoms with E-state index < -0.39 is 17.8 Å². The third-order valence-electron chi connectivity index (χ3n) is 5.23. The molecule has 2 aliphatic heterocycles. The molecule has 2 heterocycles. The number of methoxy groups -OCH3 is 1. The first-order chi connectivity index (χ1) is 14.0. The molecule has 0 aromatic heterocycles. The molecule has 29 heavy (non-hydrogen) atoms. The first-order valence-electron chi connectivity index (χ1n) is 9.34. The molecule has 1 fully saturated rings. The second-order valence-corrected chi connectivity index (χ2v) is 6.99. The largest absolute Gasteiger partial charge is 0.495 e.